The number of esters is 1. The molecule has 0 saturated heterocycles. The number of carbonyl (C=O) groups is 1. The summed E-state index contributed by atoms with van der Waals surface area (Å²) in [5, 5.41) is 3.69. The molecule has 0 N–H and O–H groups in total. The molecular weight excluding hydrogens is 258 g/mol. The summed E-state index contributed by atoms with van der Waals surface area (Å²) in [7, 11) is 0. The number of azide groups is 1. The molecule has 0 spiro atoms. The Hall–Kier alpha value is -2.04. The lowest BCUT2D eigenvalue weighted by atomic mass is 10.2. The molecule has 1 aliphatic rings. The second kappa shape index (κ2) is 6.93. The van der Waals surface area contributed by atoms with E-state index in [1.165, 1.54) is 6.92 Å². The minimum Gasteiger partial charge on any atom is -0.462 e. The summed E-state index contributed by atoms with van der Waals surface area (Å²) in [5.74, 6) is -0.364. The summed E-state index contributed by atoms with van der Waals surface area (Å²) in [6.07, 6.45) is 0.699. The molecule has 106 valence electrons. The van der Waals surface area contributed by atoms with Gasteiger partial charge in [0, 0.05) is 18.3 Å². The fraction of sp³-hybridized carbons (Fsp3) is 0.500. The number of rotatable bonds is 5. The largest absolute Gasteiger partial charge is 0.462 e. The predicted octanol–water partition coefficient (Wildman–Crippen LogP) is 2.98. The van der Waals surface area contributed by atoms with Gasteiger partial charge in [-0.15, -0.1) is 0 Å². The molecule has 3 unspecified atom stereocenters. The first-order chi connectivity index (χ1) is 9.69. The van der Waals surface area contributed by atoms with Gasteiger partial charge < -0.3 is 9.47 Å². The molecule has 0 radical (unpaired) electrons. The molecule has 1 fully saturated rings. The van der Waals surface area contributed by atoms with Crippen LogP contribution < -0.4 is 0 Å². The number of ether oxygens (including phenoxy) is 2. The van der Waals surface area contributed by atoms with Crippen molar-refractivity contribution in [3.63, 3.8) is 0 Å². The van der Waals surface area contributed by atoms with E-state index in [4.69, 9.17) is 15.0 Å². The van der Waals surface area contributed by atoms with Crippen LogP contribution in [-0.4, -0.2) is 24.2 Å². The third kappa shape index (κ3) is 3.98. The third-order valence-electron chi connectivity index (χ3n) is 3.27. The molecule has 1 aromatic rings. The molecule has 6 nitrogen and oxygen atoms in total. The monoisotopic (exact) mass is 275 g/mol. The number of benzene rings is 1. The lowest BCUT2D eigenvalue weighted by Crippen LogP contribution is -2.23. The van der Waals surface area contributed by atoms with Gasteiger partial charge in [-0.1, -0.05) is 35.4 Å². The zero-order valence-electron chi connectivity index (χ0n) is 11.3. The molecule has 0 bridgehead atoms. The zero-order valence-corrected chi connectivity index (χ0v) is 11.3. The number of hydrogen-bond donors (Lipinski definition) is 0. The first-order valence-electron chi connectivity index (χ1n) is 6.56. The van der Waals surface area contributed by atoms with Crippen LogP contribution in [0.5, 0.6) is 0 Å². The highest BCUT2D eigenvalue weighted by Gasteiger charge is 2.36. The molecule has 0 heterocycles. The first kappa shape index (κ1) is 14.4. The topological polar surface area (TPSA) is 84.3 Å². The van der Waals surface area contributed by atoms with E-state index in [1.54, 1.807) is 0 Å². The summed E-state index contributed by atoms with van der Waals surface area (Å²) in [4.78, 5) is 13.8. The molecule has 2 rings (SSSR count). The lowest BCUT2D eigenvalue weighted by Gasteiger charge is -2.14. The Morgan fingerprint density at radius 3 is 2.80 bits per heavy atom. The van der Waals surface area contributed by atoms with E-state index in [0.29, 0.717) is 19.4 Å². The number of hydrogen-bond acceptors (Lipinski definition) is 4. The molecule has 3 atom stereocenters. The van der Waals surface area contributed by atoms with E-state index >= 15 is 0 Å². The van der Waals surface area contributed by atoms with Crippen LogP contribution in [0.25, 0.3) is 10.4 Å². The Kier molecular flexibility index (Phi) is 4.98. The van der Waals surface area contributed by atoms with Crippen molar-refractivity contribution in [2.24, 2.45) is 5.11 Å². The van der Waals surface area contributed by atoms with Crippen molar-refractivity contribution >= 4 is 5.97 Å². The van der Waals surface area contributed by atoms with Crippen LogP contribution in [0.3, 0.4) is 0 Å². The fourth-order valence-electron chi connectivity index (χ4n) is 2.39. The van der Waals surface area contributed by atoms with Crippen molar-refractivity contribution in [3.8, 4) is 0 Å². The Morgan fingerprint density at radius 2 is 2.15 bits per heavy atom. The maximum Gasteiger partial charge on any atom is 0.302 e. The highest BCUT2D eigenvalue weighted by Crippen LogP contribution is 2.28. The minimum absolute atomic E-state index is 0.0601. The second-order valence-electron chi connectivity index (χ2n) is 4.81. The van der Waals surface area contributed by atoms with Crippen molar-refractivity contribution in [3.05, 3.63) is 46.3 Å². The van der Waals surface area contributed by atoms with E-state index in [9.17, 15) is 4.79 Å². The van der Waals surface area contributed by atoms with Crippen LogP contribution in [0.1, 0.15) is 25.3 Å². The van der Waals surface area contributed by atoms with Crippen LogP contribution in [0, 0.1) is 0 Å². The summed E-state index contributed by atoms with van der Waals surface area (Å²) < 4.78 is 11.0. The standard InChI is InChI=1S/C14H17N3O3/c1-10(18)20-14-8-12(7-13(14)16-17-15)19-9-11-5-3-2-4-6-11/h2-6,12-14H,7-9H2,1H3. The maximum absolute atomic E-state index is 11.0. The average Bonchev–Trinajstić information content (AvgIpc) is 2.80. The van der Waals surface area contributed by atoms with Gasteiger partial charge in [0.05, 0.1) is 18.8 Å². The minimum atomic E-state index is -0.385. The van der Waals surface area contributed by atoms with Gasteiger partial charge in [0.2, 0.25) is 0 Å². The number of nitrogens with zero attached hydrogens (tertiary/aromatic N) is 3. The van der Waals surface area contributed by atoms with Crippen LogP contribution in [0.2, 0.25) is 0 Å². The Morgan fingerprint density at radius 1 is 1.40 bits per heavy atom. The van der Waals surface area contributed by atoms with Gasteiger partial charge in [0.25, 0.3) is 0 Å². The Balaban J connectivity index is 1.90. The van der Waals surface area contributed by atoms with Crippen LogP contribution in [0.15, 0.2) is 35.4 Å². The van der Waals surface area contributed by atoms with Crippen molar-refractivity contribution in [2.45, 2.75) is 44.6 Å². The van der Waals surface area contributed by atoms with Crippen LogP contribution in [-0.2, 0) is 20.9 Å². The summed E-state index contributed by atoms with van der Waals surface area (Å²) in [6, 6.07) is 9.50. The van der Waals surface area contributed by atoms with Gasteiger partial charge in [-0.2, -0.15) is 0 Å². The molecule has 0 aromatic heterocycles. The average molecular weight is 275 g/mol. The quantitative estimate of drug-likeness (QED) is 0.358. The normalized spacial score (nSPS) is 24.9. The van der Waals surface area contributed by atoms with Crippen molar-refractivity contribution in [1.82, 2.24) is 0 Å². The molecule has 6 heteroatoms. The van der Waals surface area contributed by atoms with E-state index in [1.807, 2.05) is 30.3 Å². The summed E-state index contributed by atoms with van der Waals surface area (Å²) >= 11 is 0. The summed E-state index contributed by atoms with van der Waals surface area (Å²) in [5.41, 5.74) is 9.64. The highest BCUT2D eigenvalue weighted by molar-refractivity contribution is 5.66. The van der Waals surface area contributed by atoms with Crippen molar-refractivity contribution in [1.29, 1.82) is 0 Å². The van der Waals surface area contributed by atoms with Gasteiger partial charge >= 0.3 is 5.97 Å². The molecule has 1 aromatic carbocycles. The van der Waals surface area contributed by atoms with Gasteiger partial charge in [0.15, 0.2) is 0 Å². The highest BCUT2D eigenvalue weighted by atomic mass is 16.5. The molecule has 1 aliphatic carbocycles. The van der Waals surface area contributed by atoms with E-state index in [0.717, 1.165) is 5.56 Å². The van der Waals surface area contributed by atoms with Crippen LogP contribution in [0.4, 0.5) is 0 Å². The smallest absolute Gasteiger partial charge is 0.302 e. The zero-order chi connectivity index (χ0) is 14.4. The SMILES string of the molecule is CC(=O)OC1CC(OCc2ccccc2)CC1N=[N+]=[N-]. The Bertz CT molecular complexity index is 500. The second-order valence-corrected chi connectivity index (χ2v) is 4.81. The third-order valence-corrected chi connectivity index (χ3v) is 3.27. The van der Waals surface area contributed by atoms with E-state index in [-0.39, 0.29) is 24.2 Å². The van der Waals surface area contributed by atoms with Crippen molar-refractivity contribution in [2.75, 3.05) is 0 Å². The fourth-order valence-corrected chi connectivity index (χ4v) is 2.39. The van der Waals surface area contributed by atoms with Gasteiger partial charge in [-0.3, -0.25) is 4.79 Å². The molecule has 1 saturated carbocycles. The molecular formula is C14H17N3O3. The molecule has 0 aliphatic heterocycles. The first-order valence-corrected chi connectivity index (χ1v) is 6.56. The van der Waals surface area contributed by atoms with Gasteiger partial charge in [0.1, 0.15) is 6.10 Å². The maximum atomic E-state index is 11.0. The molecule has 20 heavy (non-hydrogen) atoms. The number of carbonyl (C=O) groups excluding carboxylic acids is 1. The van der Waals surface area contributed by atoms with Crippen LogP contribution >= 0.6 is 0 Å². The van der Waals surface area contributed by atoms with Gasteiger partial charge in [-0.25, -0.2) is 0 Å². The molecule has 0 amide bonds. The summed E-state index contributed by atoms with van der Waals surface area (Å²) in [6.45, 7) is 1.85. The predicted molar refractivity (Wildman–Crippen MR) is 72.7 cm³/mol. The van der Waals surface area contributed by atoms with E-state index < -0.39 is 0 Å². The van der Waals surface area contributed by atoms with Crippen molar-refractivity contribution < 1.29 is 14.3 Å². The van der Waals surface area contributed by atoms with Gasteiger partial charge in [-0.05, 0) is 17.5 Å². The lowest BCUT2D eigenvalue weighted by molar-refractivity contribution is -0.146. The Labute approximate surface area is 117 Å². The van der Waals surface area contributed by atoms with E-state index in [2.05, 4.69) is 10.0 Å².